The standard InChI is InChI=1S/C13H12F4N4O5S2/c1-25-7-5-8(26-2)19-11(18-7)20-12(22)21-28(23,24)10-6(3-4-27-10)9(14)13(15,16)17/h3-5,9H,1-2H3,(H2,18,19,20,21,22). The summed E-state index contributed by atoms with van der Waals surface area (Å²) >= 11 is 0.320. The van der Waals surface area contributed by atoms with Crippen molar-refractivity contribution in [3.05, 3.63) is 23.1 Å². The molecule has 154 valence electrons. The lowest BCUT2D eigenvalue weighted by Crippen LogP contribution is -2.35. The van der Waals surface area contributed by atoms with E-state index in [1.807, 2.05) is 5.32 Å². The molecular formula is C13H12F4N4O5S2. The first-order valence-corrected chi connectivity index (χ1v) is 9.43. The van der Waals surface area contributed by atoms with Gasteiger partial charge in [0.25, 0.3) is 10.0 Å². The number of urea groups is 1. The van der Waals surface area contributed by atoms with Crippen LogP contribution in [0.25, 0.3) is 0 Å². The van der Waals surface area contributed by atoms with Gasteiger partial charge in [-0.2, -0.15) is 23.1 Å². The van der Waals surface area contributed by atoms with E-state index in [4.69, 9.17) is 9.47 Å². The lowest BCUT2D eigenvalue weighted by atomic mass is 10.2. The van der Waals surface area contributed by atoms with Crippen molar-refractivity contribution >= 4 is 33.3 Å². The highest BCUT2D eigenvalue weighted by molar-refractivity contribution is 7.92. The Balaban J connectivity index is 2.22. The summed E-state index contributed by atoms with van der Waals surface area (Å²) in [7, 11) is -2.27. The third-order valence-electron chi connectivity index (χ3n) is 3.01. The number of nitrogens with one attached hydrogen (secondary N) is 2. The number of ether oxygens (including phenoxy) is 2. The fourth-order valence-corrected chi connectivity index (χ4v) is 4.17. The number of sulfonamides is 1. The van der Waals surface area contributed by atoms with Crippen LogP contribution in [0.1, 0.15) is 11.7 Å². The highest BCUT2D eigenvalue weighted by Gasteiger charge is 2.44. The Bertz CT molecular complexity index is 942. The summed E-state index contributed by atoms with van der Waals surface area (Å²) in [6, 6.07) is 0.554. The van der Waals surface area contributed by atoms with Crippen molar-refractivity contribution in [3.63, 3.8) is 0 Å². The quantitative estimate of drug-likeness (QED) is 0.658. The van der Waals surface area contributed by atoms with Crippen LogP contribution in [-0.2, 0) is 10.0 Å². The highest BCUT2D eigenvalue weighted by atomic mass is 32.2. The summed E-state index contributed by atoms with van der Waals surface area (Å²) < 4.78 is 85.8. The molecule has 0 saturated carbocycles. The number of alkyl halides is 4. The molecule has 0 fully saturated rings. The van der Waals surface area contributed by atoms with E-state index in [1.165, 1.54) is 25.0 Å². The zero-order valence-electron chi connectivity index (χ0n) is 14.1. The SMILES string of the molecule is COc1cc(OC)nc(NC(=O)NS(=O)(=O)c2sccc2C(F)C(F)(F)F)n1. The minimum absolute atomic E-state index is 0.0176. The predicted molar refractivity (Wildman–Crippen MR) is 88.7 cm³/mol. The first-order valence-electron chi connectivity index (χ1n) is 7.07. The van der Waals surface area contributed by atoms with Gasteiger partial charge < -0.3 is 9.47 Å². The Morgan fingerprint density at radius 1 is 1.21 bits per heavy atom. The zero-order chi connectivity index (χ0) is 21.1. The minimum atomic E-state index is -5.31. The van der Waals surface area contributed by atoms with E-state index in [1.54, 1.807) is 0 Å². The van der Waals surface area contributed by atoms with Crippen LogP contribution in [0.3, 0.4) is 0 Å². The number of hydrogen-bond acceptors (Lipinski definition) is 8. The van der Waals surface area contributed by atoms with Crippen LogP contribution in [0.2, 0.25) is 0 Å². The van der Waals surface area contributed by atoms with E-state index in [0.717, 1.165) is 5.38 Å². The lowest BCUT2D eigenvalue weighted by molar-refractivity contribution is -0.183. The number of aromatic nitrogens is 2. The molecule has 0 aliphatic carbocycles. The summed E-state index contributed by atoms with van der Waals surface area (Å²) in [6.45, 7) is 0. The zero-order valence-corrected chi connectivity index (χ0v) is 15.7. The van der Waals surface area contributed by atoms with Crippen molar-refractivity contribution in [2.75, 3.05) is 19.5 Å². The van der Waals surface area contributed by atoms with Gasteiger partial charge in [-0.3, -0.25) is 5.32 Å². The van der Waals surface area contributed by atoms with Crippen LogP contribution < -0.4 is 19.5 Å². The van der Waals surface area contributed by atoms with Gasteiger partial charge >= 0.3 is 12.2 Å². The first kappa shape index (κ1) is 21.6. The molecule has 2 aromatic rings. The number of anilines is 1. The van der Waals surface area contributed by atoms with Gasteiger partial charge in [0, 0.05) is 5.56 Å². The number of methoxy groups -OCH3 is 2. The maximum Gasteiger partial charge on any atom is 0.424 e. The van der Waals surface area contributed by atoms with Crippen molar-refractivity contribution in [1.29, 1.82) is 0 Å². The predicted octanol–water partition coefficient (Wildman–Crippen LogP) is 2.64. The molecule has 2 amide bonds. The number of nitrogens with zero attached hydrogens (tertiary/aromatic N) is 2. The molecule has 2 rings (SSSR count). The molecular weight excluding hydrogens is 432 g/mol. The molecule has 1 unspecified atom stereocenters. The summed E-state index contributed by atoms with van der Waals surface area (Å²) in [5, 5.41) is 2.92. The molecule has 0 spiro atoms. The van der Waals surface area contributed by atoms with Crippen LogP contribution in [0.15, 0.2) is 21.7 Å². The number of halogens is 4. The van der Waals surface area contributed by atoms with Gasteiger partial charge in [0.05, 0.1) is 20.3 Å². The molecule has 1 atom stereocenters. The number of amides is 2. The maximum atomic E-state index is 13.6. The Hall–Kier alpha value is -2.68. The smallest absolute Gasteiger partial charge is 0.424 e. The lowest BCUT2D eigenvalue weighted by Gasteiger charge is -2.13. The average Bonchev–Trinajstić information content (AvgIpc) is 3.09. The Morgan fingerprint density at radius 3 is 2.29 bits per heavy atom. The summed E-state index contributed by atoms with van der Waals surface area (Å²) in [6.07, 6.45) is -8.84. The molecule has 2 N–H and O–H groups in total. The van der Waals surface area contributed by atoms with Crippen molar-refractivity contribution in [3.8, 4) is 11.8 Å². The Kier molecular flexibility index (Phi) is 6.28. The molecule has 2 aromatic heterocycles. The normalized spacial score (nSPS) is 12.9. The molecule has 0 aromatic carbocycles. The number of carbonyl (C=O) groups is 1. The van der Waals surface area contributed by atoms with E-state index in [0.29, 0.717) is 17.4 Å². The second-order valence-electron chi connectivity index (χ2n) is 4.90. The molecule has 15 heteroatoms. The number of carbonyl (C=O) groups excluding carboxylic acids is 1. The third-order valence-corrected chi connectivity index (χ3v) is 5.86. The van der Waals surface area contributed by atoms with Crippen LogP contribution in [0, 0.1) is 0 Å². The van der Waals surface area contributed by atoms with E-state index in [9.17, 15) is 30.8 Å². The molecule has 0 aliphatic heterocycles. The summed E-state index contributed by atoms with van der Waals surface area (Å²) in [5.74, 6) is -0.444. The van der Waals surface area contributed by atoms with E-state index >= 15 is 0 Å². The molecule has 0 saturated heterocycles. The Morgan fingerprint density at radius 2 is 1.79 bits per heavy atom. The molecule has 0 bridgehead atoms. The van der Waals surface area contributed by atoms with Crippen molar-refractivity contribution in [1.82, 2.24) is 14.7 Å². The third kappa shape index (κ3) is 4.98. The van der Waals surface area contributed by atoms with Crippen LogP contribution in [-0.4, -0.2) is 44.8 Å². The maximum absolute atomic E-state index is 13.6. The molecule has 2 heterocycles. The monoisotopic (exact) mass is 444 g/mol. The van der Waals surface area contributed by atoms with Gasteiger partial charge in [0.15, 0.2) is 0 Å². The molecule has 9 nitrogen and oxygen atoms in total. The summed E-state index contributed by atoms with van der Waals surface area (Å²) in [5.41, 5.74) is -1.13. The largest absolute Gasteiger partial charge is 0.481 e. The Labute approximate surface area is 159 Å². The van der Waals surface area contributed by atoms with Gasteiger partial charge in [-0.05, 0) is 11.4 Å². The summed E-state index contributed by atoms with van der Waals surface area (Å²) in [4.78, 5) is 19.4. The van der Waals surface area contributed by atoms with Gasteiger partial charge in [-0.15, -0.1) is 11.3 Å². The topological polar surface area (TPSA) is 120 Å². The van der Waals surface area contributed by atoms with Gasteiger partial charge in [-0.1, -0.05) is 0 Å². The van der Waals surface area contributed by atoms with Crippen molar-refractivity contribution in [2.45, 2.75) is 16.6 Å². The fraction of sp³-hybridized carbons (Fsp3) is 0.308. The number of hydrogen-bond donors (Lipinski definition) is 2. The van der Waals surface area contributed by atoms with Crippen LogP contribution in [0.4, 0.5) is 28.3 Å². The highest BCUT2D eigenvalue weighted by Crippen LogP contribution is 2.40. The second kappa shape index (κ2) is 8.14. The molecule has 0 radical (unpaired) electrons. The fourth-order valence-electron chi connectivity index (χ4n) is 1.85. The molecule has 28 heavy (non-hydrogen) atoms. The van der Waals surface area contributed by atoms with E-state index in [-0.39, 0.29) is 11.8 Å². The average molecular weight is 444 g/mol. The minimum Gasteiger partial charge on any atom is -0.481 e. The molecule has 0 aliphatic rings. The van der Waals surface area contributed by atoms with E-state index in [2.05, 4.69) is 9.97 Å². The first-order chi connectivity index (χ1) is 13.0. The van der Waals surface area contributed by atoms with Crippen LogP contribution >= 0.6 is 11.3 Å². The number of rotatable bonds is 6. The van der Waals surface area contributed by atoms with Crippen molar-refractivity contribution < 1.29 is 40.2 Å². The van der Waals surface area contributed by atoms with Crippen LogP contribution in [0.5, 0.6) is 11.8 Å². The van der Waals surface area contributed by atoms with E-state index < -0.39 is 44.1 Å². The van der Waals surface area contributed by atoms with Gasteiger partial charge in [0.1, 0.15) is 4.21 Å². The van der Waals surface area contributed by atoms with Gasteiger partial charge in [0.2, 0.25) is 23.9 Å². The second-order valence-corrected chi connectivity index (χ2v) is 7.70. The number of thiophene rings is 1. The van der Waals surface area contributed by atoms with Gasteiger partial charge in [-0.25, -0.2) is 22.3 Å². The van der Waals surface area contributed by atoms with Crippen molar-refractivity contribution in [2.24, 2.45) is 0 Å².